The molecule has 0 saturated heterocycles. The monoisotopic (exact) mass is 215 g/mol. The van der Waals surface area contributed by atoms with E-state index in [2.05, 4.69) is 17.0 Å². The highest BCUT2D eigenvalue weighted by atomic mass is 15.1. The van der Waals surface area contributed by atoms with Gasteiger partial charge in [-0.2, -0.15) is 5.26 Å². The van der Waals surface area contributed by atoms with Gasteiger partial charge in [0.25, 0.3) is 0 Å². The summed E-state index contributed by atoms with van der Waals surface area (Å²) in [7, 11) is 2.04. The van der Waals surface area contributed by atoms with Gasteiger partial charge in [0.2, 0.25) is 0 Å². The number of rotatable bonds is 2. The minimum atomic E-state index is 0.142. The van der Waals surface area contributed by atoms with Crippen molar-refractivity contribution in [3.63, 3.8) is 0 Å². The molecule has 1 heterocycles. The third-order valence-corrected chi connectivity index (χ3v) is 3.03. The minimum absolute atomic E-state index is 0.142. The Morgan fingerprint density at radius 3 is 2.94 bits per heavy atom. The van der Waals surface area contributed by atoms with Crippen LogP contribution in [-0.2, 0) is 12.8 Å². The Balaban J connectivity index is 2.44. The second-order valence-corrected chi connectivity index (χ2v) is 4.62. The summed E-state index contributed by atoms with van der Waals surface area (Å²) in [6.07, 6.45) is 1.87. The molecule has 0 radical (unpaired) electrons. The van der Waals surface area contributed by atoms with Crippen LogP contribution >= 0.6 is 0 Å². The highest BCUT2D eigenvalue weighted by Crippen LogP contribution is 2.31. The molecule has 0 aromatic heterocycles. The lowest BCUT2D eigenvalue weighted by molar-refractivity contribution is 0.737. The molecule has 1 atom stereocenters. The molecule has 1 aliphatic rings. The van der Waals surface area contributed by atoms with Crippen LogP contribution in [0.2, 0.25) is 0 Å². The maximum atomic E-state index is 9.17. The number of fused-ring (bicyclic) bond motifs is 1. The molecule has 1 aromatic rings. The van der Waals surface area contributed by atoms with E-state index in [0.29, 0.717) is 0 Å². The lowest BCUT2D eigenvalue weighted by Crippen LogP contribution is -2.18. The summed E-state index contributed by atoms with van der Waals surface area (Å²) < 4.78 is 0. The van der Waals surface area contributed by atoms with Crippen molar-refractivity contribution in [2.24, 2.45) is 5.73 Å². The molecule has 16 heavy (non-hydrogen) atoms. The zero-order chi connectivity index (χ0) is 11.7. The number of hydrogen-bond donors (Lipinski definition) is 1. The first-order valence-electron chi connectivity index (χ1n) is 5.64. The van der Waals surface area contributed by atoms with Gasteiger partial charge in [-0.05, 0) is 37.0 Å². The van der Waals surface area contributed by atoms with E-state index in [4.69, 9.17) is 5.73 Å². The van der Waals surface area contributed by atoms with E-state index in [1.54, 1.807) is 0 Å². The first-order valence-corrected chi connectivity index (χ1v) is 5.64. The summed E-state index contributed by atoms with van der Waals surface area (Å²) >= 11 is 0. The van der Waals surface area contributed by atoms with Crippen LogP contribution in [0.3, 0.4) is 0 Å². The first-order chi connectivity index (χ1) is 7.61. The van der Waals surface area contributed by atoms with Gasteiger partial charge in [0.05, 0.1) is 11.3 Å². The lowest BCUT2D eigenvalue weighted by atomic mass is 9.99. The molecule has 0 fully saturated rings. The maximum Gasteiger partial charge on any atom is 0.101 e. The molecule has 2 N–H and O–H groups in total. The van der Waals surface area contributed by atoms with Gasteiger partial charge < -0.3 is 10.6 Å². The van der Waals surface area contributed by atoms with Crippen LogP contribution in [0.1, 0.15) is 23.6 Å². The van der Waals surface area contributed by atoms with Crippen molar-refractivity contribution in [3.05, 3.63) is 28.8 Å². The number of nitrogens with zero attached hydrogens (tertiary/aromatic N) is 2. The van der Waals surface area contributed by atoms with Gasteiger partial charge in [0.1, 0.15) is 6.07 Å². The maximum absolute atomic E-state index is 9.17. The summed E-state index contributed by atoms with van der Waals surface area (Å²) in [5, 5.41) is 9.17. The Labute approximate surface area is 96.5 Å². The zero-order valence-electron chi connectivity index (χ0n) is 9.83. The largest absolute Gasteiger partial charge is 0.373 e. The molecule has 0 bridgehead atoms. The molecule has 84 valence electrons. The Hall–Kier alpha value is -1.53. The Bertz CT molecular complexity index is 443. The van der Waals surface area contributed by atoms with E-state index in [0.717, 1.165) is 30.6 Å². The van der Waals surface area contributed by atoms with Crippen molar-refractivity contribution in [2.75, 3.05) is 18.5 Å². The lowest BCUT2D eigenvalue weighted by Gasteiger charge is -2.15. The molecule has 0 amide bonds. The van der Waals surface area contributed by atoms with E-state index in [1.807, 2.05) is 20.0 Å². The van der Waals surface area contributed by atoms with Gasteiger partial charge in [0.15, 0.2) is 0 Å². The fourth-order valence-electron chi connectivity index (χ4n) is 2.38. The minimum Gasteiger partial charge on any atom is -0.373 e. The second-order valence-electron chi connectivity index (χ2n) is 4.62. The van der Waals surface area contributed by atoms with Crippen molar-refractivity contribution in [1.29, 1.82) is 5.26 Å². The van der Waals surface area contributed by atoms with Crippen LogP contribution in [0.4, 0.5) is 5.69 Å². The molecule has 0 aliphatic carbocycles. The molecular formula is C13H17N3. The highest BCUT2D eigenvalue weighted by Gasteiger charge is 2.20. The second kappa shape index (κ2) is 4.15. The summed E-state index contributed by atoms with van der Waals surface area (Å²) in [6.45, 7) is 3.00. The number of likely N-dealkylation sites (N-methyl/N-ethyl adjacent to an activating group) is 1. The van der Waals surface area contributed by atoms with E-state index in [9.17, 15) is 5.26 Å². The zero-order valence-corrected chi connectivity index (χ0v) is 9.83. The molecule has 3 nitrogen and oxygen atoms in total. The Morgan fingerprint density at radius 2 is 2.31 bits per heavy atom. The van der Waals surface area contributed by atoms with E-state index in [-0.39, 0.29) is 6.04 Å². The molecule has 1 unspecified atom stereocenters. The fourth-order valence-corrected chi connectivity index (χ4v) is 2.38. The average molecular weight is 215 g/mol. The van der Waals surface area contributed by atoms with Crippen LogP contribution in [0.15, 0.2) is 12.1 Å². The molecule has 1 aliphatic heterocycles. The SMILES string of the molecule is CC(N)Cc1cc(C#N)c2c(c1)CCN2C. The van der Waals surface area contributed by atoms with E-state index in [1.165, 1.54) is 11.1 Å². The van der Waals surface area contributed by atoms with Crippen LogP contribution in [0.25, 0.3) is 0 Å². The smallest absolute Gasteiger partial charge is 0.101 e. The summed E-state index contributed by atoms with van der Waals surface area (Å²) in [4.78, 5) is 2.16. The summed E-state index contributed by atoms with van der Waals surface area (Å²) in [5.41, 5.74) is 10.2. The standard InChI is InChI=1S/C13H17N3/c1-9(15)5-10-6-11-3-4-16(2)13(11)12(7-10)8-14/h6-7,9H,3-5,15H2,1-2H3. The molecule has 1 aromatic carbocycles. The van der Waals surface area contributed by atoms with Crippen LogP contribution in [0, 0.1) is 11.3 Å². The Morgan fingerprint density at radius 1 is 1.56 bits per heavy atom. The van der Waals surface area contributed by atoms with Crippen LogP contribution < -0.4 is 10.6 Å². The highest BCUT2D eigenvalue weighted by molar-refractivity contribution is 5.68. The van der Waals surface area contributed by atoms with Crippen molar-refractivity contribution in [2.45, 2.75) is 25.8 Å². The molecular weight excluding hydrogens is 198 g/mol. The fraction of sp³-hybridized carbons (Fsp3) is 0.462. The normalized spacial score (nSPS) is 15.8. The number of nitrogens with two attached hydrogens (primary N) is 1. The van der Waals surface area contributed by atoms with Crippen molar-refractivity contribution in [3.8, 4) is 6.07 Å². The van der Waals surface area contributed by atoms with Gasteiger partial charge in [0, 0.05) is 19.6 Å². The topological polar surface area (TPSA) is 53.1 Å². The van der Waals surface area contributed by atoms with Crippen LogP contribution in [-0.4, -0.2) is 19.6 Å². The van der Waals surface area contributed by atoms with Gasteiger partial charge in [-0.3, -0.25) is 0 Å². The Kier molecular flexibility index (Phi) is 2.84. The third kappa shape index (κ3) is 1.89. The molecule has 2 rings (SSSR count). The number of nitriles is 1. The van der Waals surface area contributed by atoms with Crippen molar-refractivity contribution < 1.29 is 0 Å². The van der Waals surface area contributed by atoms with E-state index < -0.39 is 0 Å². The molecule has 3 heteroatoms. The average Bonchev–Trinajstić information content (AvgIpc) is 2.58. The van der Waals surface area contributed by atoms with Gasteiger partial charge in [-0.1, -0.05) is 6.07 Å². The predicted octanol–water partition coefficient (Wildman–Crippen LogP) is 1.44. The van der Waals surface area contributed by atoms with Crippen molar-refractivity contribution >= 4 is 5.69 Å². The molecule has 0 spiro atoms. The van der Waals surface area contributed by atoms with Gasteiger partial charge >= 0.3 is 0 Å². The summed E-state index contributed by atoms with van der Waals surface area (Å²) in [5.74, 6) is 0. The van der Waals surface area contributed by atoms with Gasteiger partial charge in [-0.15, -0.1) is 0 Å². The predicted molar refractivity (Wildman–Crippen MR) is 65.5 cm³/mol. The van der Waals surface area contributed by atoms with Crippen molar-refractivity contribution in [1.82, 2.24) is 0 Å². The number of hydrogen-bond acceptors (Lipinski definition) is 3. The van der Waals surface area contributed by atoms with Crippen LogP contribution in [0.5, 0.6) is 0 Å². The van der Waals surface area contributed by atoms with E-state index >= 15 is 0 Å². The summed E-state index contributed by atoms with van der Waals surface area (Å²) in [6, 6.07) is 6.60. The quantitative estimate of drug-likeness (QED) is 0.812. The van der Waals surface area contributed by atoms with Gasteiger partial charge in [-0.25, -0.2) is 0 Å². The molecule has 0 saturated carbocycles. The number of anilines is 1. The third-order valence-electron chi connectivity index (χ3n) is 3.03. The first kappa shape index (κ1) is 11.0. The number of benzene rings is 1.